The molecule has 0 unspecified atom stereocenters. The lowest BCUT2D eigenvalue weighted by Crippen LogP contribution is -2.55. The van der Waals surface area contributed by atoms with Gasteiger partial charge in [-0.3, -0.25) is 14.6 Å². The minimum atomic E-state index is -0.731. The molecule has 4 aromatic heterocycles. The second-order valence-electron chi connectivity index (χ2n) is 7.77. The average Bonchev–Trinajstić information content (AvgIpc) is 3.48. The van der Waals surface area contributed by atoms with Crippen molar-refractivity contribution in [2.75, 3.05) is 13.1 Å². The minimum Gasteiger partial charge on any atom is -0.344 e. The van der Waals surface area contributed by atoms with E-state index >= 15 is 0 Å². The molecule has 1 aliphatic rings. The Hall–Kier alpha value is -4.59. The number of nitrogens with one attached hydrogen (secondary N) is 2. The number of hydrogen-bond donors (Lipinski definition) is 2. The summed E-state index contributed by atoms with van der Waals surface area (Å²) in [7, 11) is 0. The maximum Gasteiger partial charge on any atom is 0.255 e. The number of hydrogen-bond acceptors (Lipinski definition) is 7. The molecule has 0 aliphatic carbocycles. The second-order valence-corrected chi connectivity index (χ2v) is 7.77. The Morgan fingerprint density at radius 1 is 1.27 bits per heavy atom. The zero-order valence-electron chi connectivity index (χ0n) is 17.6. The van der Waals surface area contributed by atoms with E-state index in [-0.39, 0.29) is 17.4 Å². The Labute approximate surface area is 188 Å². The van der Waals surface area contributed by atoms with E-state index < -0.39 is 11.9 Å². The van der Waals surface area contributed by atoms with Gasteiger partial charge in [-0.25, -0.2) is 14.6 Å². The summed E-state index contributed by atoms with van der Waals surface area (Å²) in [6.45, 7) is 2.40. The van der Waals surface area contributed by atoms with E-state index in [9.17, 15) is 9.59 Å². The van der Waals surface area contributed by atoms with Crippen LogP contribution in [0, 0.1) is 17.2 Å². The molecule has 0 bridgehead atoms. The number of fused-ring (bicyclic) bond motifs is 1. The summed E-state index contributed by atoms with van der Waals surface area (Å²) in [5.41, 5.74) is 3.00. The summed E-state index contributed by atoms with van der Waals surface area (Å²) < 4.78 is 1.71. The summed E-state index contributed by atoms with van der Waals surface area (Å²) in [4.78, 5) is 43.2. The highest BCUT2D eigenvalue weighted by Gasteiger charge is 2.33. The summed E-state index contributed by atoms with van der Waals surface area (Å²) in [6, 6.07) is 6.88. The number of aromatic nitrogens is 6. The van der Waals surface area contributed by atoms with Crippen LogP contribution in [-0.4, -0.2) is 65.6 Å². The van der Waals surface area contributed by atoms with Crippen molar-refractivity contribution < 1.29 is 9.59 Å². The molecule has 4 aromatic rings. The Balaban J connectivity index is 1.38. The van der Waals surface area contributed by atoms with Crippen LogP contribution in [0.3, 0.4) is 0 Å². The lowest BCUT2D eigenvalue weighted by Gasteiger charge is -2.37. The molecule has 11 heteroatoms. The highest BCUT2D eigenvalue weighted by molar-refractivity contribution is 6.06. The highest BCUT2D eigenvalue weighted by atomic mass is 16.2. The third-order valence-electron chi connectivity index (χ3n) is 5.49. The number of rotatable bonds is 5. The molecule has 1 fully saturated rings. The maximum atomic E-state index is 12.9. The molecule has 0 spiro atoms. The molecular formula is C22H19N9O2. The monoisotopic (exact) mass is 441 g/mol. The highest BCUT2D eigenvalue weighted by Crippen LogP contribution is 2.22. The number of likely N-dealkylation sites (tertiary alicyclic amines) is 1. The van der Waals surface area contributed by atoms with Gasteiger partial charge in [-0.2, -0.15) is 10.4 Å². The Morgan fingerprint density at radius 2 is 2.12 bits per heavy atom. The van der Waals surface area contributed by atoms with Crippen LogP contribution in [0.4, 0.5) is 0 Å². The van der Waals surface area contributed by atoms with Gasteiger partial charge in [0.1, 0.15) is 17.3 Å². The standard InChI is InChI=1S/C22H19N9O2/c1-13(22(33)30-11-14(8-23)12-30)28-21(32)16-9-25-20-19(16)29-18(10-26-20)17-7-15(3-5-24-17)31-6-2-4-27-31/h2-7,9-10,13-14H,11-12H2,1H3,(H,25,26)(H,28,32)/t13-/m1/s1. The topological polar surface area (TPSA) is 145 Å². The smallest absolute Gasteiger partial charge is 0.255 e. The number of H-pyrrole nitrogens is 1. The third-order valence-corrected chi connectivity index (χ3v) is 5.49. The number of amides is 2. The van der Waals surface area contributed by atoms with Gasteiger partial charge in [0.15, 0.2) is 5.65 Å². The molecule has 1 saturated heterocycles. The minimum absolute atomic E-state index is 0.139. The molecule has 5 rings (SSSR count). The Kier molecular flexibility index (Phi) is 5.02. The zero-order valence-corrected chi connectivity index (χ0v) is 17.6. The molecule has 11 nitrogen and oxygen atoms in total. The summed E-state index contributed by atoms with van der Waals surface area (Å²) in [6.07, 6.45) is 8.27. The summed E-state index contributed by atoms with van der Waals surface area (Å²) in [5, 5.41) is 15.8. The van der Waals surface area contributed by atoms with Gasteiger partial charge in [-0.15, -0.1) is 0 Å². The van der Waals surface area contributed by atoms with Crippen LogP contribution < -0.4 is 5.32 Å². The van der Waals surface area contributed by atoms with E-state index in [4.69, 9.17) is 5.26 Å². The molecule has 1 atom stereocenters. The molecule has 0 aromatic carbocycles. The molecule has 1 aliphatic heterocycles. The van der Waals surface area contributed by atoms with E-state index in [2.05, 4.69) is 36.4 Å². The van der Waals surface area contributed by atoms with E-state index in [1.807, 2.05) is 24.4 Å². The van der Waals surface area contributed by atoms with Crippen LogP contribution >= 0.6 is 0 Å². The first-order valence-corrected chi connectivity index (χ1v) is 10.3. The lowest BCUT2D eigenvalue weighted by molar-refractivity contribution is -0.137. The SMILES string of the molecule is C[C@@H](NC(=O)c1c[nH]c2ncc(-c3cc(-n4cccn4)ccn3)nc12)C(=O)N1CC(C#N)C1. The van der Waals surface area contributed by atoms with E-state index in [0.29, 0.717) is 35.6 Å². The number of nitriles is 1. The van der Waals surface area contributed by atoms with E-state index in [1.165, 1.54) is 6.20 Å². The fourth-order valence-electron chi connectivity index (χ4n) is 3.66. The van der Waals surface area contributed by atoms with Gasteiger partial charge >= 0.3 is 0 Å². The van der Waals surface area contributed by atoms with Crippen LogP contribution in [0.2, 0.25) is 0 Å². The van der Waals surface area contributed by atoms with Crippen LogP contribution in [-0.2, 0) is 4.79 Å². The molecular weight excluding hydrogens is 422 g/mol. The first-order chi connectivity index (χ1) is 16.0. The normalized spacial score (nSPS) is 14.5. The third kappa shape index (κ3) is 3.78. The fraction of sp³-hybridized carbons (Fsp3) is 0.227. The summed E-state index contributed by atoms with van der Waals surface area (Å²) in [5.74, 6) is -0.801. The number of carbonyl (C=O) groups is 2. The van der Waals surface area contributed by atoms with Crippen molar-refractivity contribution in [1.82, 2.24) is 39.9 Å². The van der Waals surface area contributed by atoms with Crippen molar-refractivity contribution in [2.24, 2.45) is 5.92 Å². The quantitative estimate of drug-likeness (QED) is 0.475. The van der Waals surface area contributed by atoms with Crippen molar-refractivity contribution in [3.05, 3.63) is 54.7 Å². The molecule has 0 radical (unpaired) electrons. The molecule has 0 saturated carbocycles. The molecule has 164 valence electrons. The van der Waals surface area contributed by atoms with Gasteiger partial charge in [0.05, 0.1) is 35.1 Å². The Morgan fingerprint density at radius 3 is 2.88 bits per heavy atom. The van der Waals surface area contributed by atoms with Crippen molar-refractivity contribution >= 4 is 23.0 Å². The van der Waals surface area contributed by atoms with E-state index in [1.54, 1.807) is 35.1 Å². The van der Waals surface area contributed by atoms with Crippen molar-refractivity contribution in [3.8, 4) is 23.1 Å². The molecule has 33 heavy (non-hydrogen) atoms. The number of nitrogens with zero attached hydrogens (tertiary/aromatic N) is 7. The average molecular weight is 441 g/mol. The van der Waals surface area contributed by atoms with Crippen molar-refractivity contribution in [1.29, 1.82) is 5.26 Å². The maximum absolute atomic E-state index is 12.9. The van der Waals surface area contributed by atoms with Crippen LogP contribution in [0.5, 0.6) is 0 Å². The largest absolute Gasteiger partial charge is 0.344 e. The number of pyridine rings is 1. The predicted molar refractivity (Wildman–Crippen MR) is 117 cm³/mol. The second kappa shape index (κ2) is 8.16. The van der Waals surface area contributed by atoms with Crippen molar-refractivity contribution in [2.45, 2.75) is 13.0 Å². The number of carbonyl (C=O) groups excluding carboxylic acids is 2. The molecule has 2 N–H and O–H groups in total. The van der Waals surface area contributed by atoms with Crippen LogP contribution in [0.25, 0.3) is 28.2 Å². The van der Waals surface area contributed by atoms with Crippen LogP contribution in [0.15, 0.2) is 49.2 Å². The zero-order chi connectivity index (χ0) is 22.9. The van der Waals surface area contributed by atoms with Gasteiger partial charge in [-0.1, -0.05) is 0 Å². The van der Waals surface area contributed by atoms with Gasteiger partial charge in [0, 0.05) is 37.9 Å². The van der Waals surface area contributed by atoms with Gasteiger partial charge in [-0.05, 0) is 25.1 Å². The van der Waals surface area contributed by atoms with Crippen molar-refractivity contribution in [3.63, 3.8) is 0 Å². The van der Waals surface area contributed by atoms with Gasteiger partial charge in [0.25, 0.3) is 5.91 Å². The Bertz CT molecular complexity index is 1380. The fourth-order valence-corrected chi connectivity index (χ4v) is 3.66. The van der Waals surface area contributed by atoms with Crippen LogP contribution in [0.1, 0.15) is 17.3 Å². The van der Waals surface area contributed by atoms with E-state index in [0.717, 1.165) is 5.69 Å². The molecule has 5 heterocycles. The molecule has 2 amide bonds. The first kappa shape index (κ1) is 20.3. The van der Waals surface area contributed by atoms with Gasteiger partial charge < -0.3 is 15.2 Å². The first-order valence-electron chi connectivity index (χ1n) is 10.3. The predicted octanol–water partition coefficient (Wildman–Crippen LogP) is 1.31. The number of aromatic amines is 1. The van der Waals surface area contributed by atoms with Gasteiger partial charge in [0.2, 0.25) is 5.91 Å². The summed E-state index contributed by atoms with van der Waals surface area (Å²) >= 11 is 0. The lowest BCUT2D eigenvalue weighted by atomic mass is 10.0.